The van der Waals surface area contributed by atoms with E-state index in [2.05, 4.69) is 181 Å². The minimum Gasteiger partial charge on any atom is -0.508 e. The zero-order valence-electron chi connectivity index (χ0n) is 27.2. The molecule has 1 aromatic heterocycles. The van der Waals surface area contributed by atoms with Crippen LogP contribution in [0.2, 0.25) is 0 Å². The summed E-state index contributed by atoms with van der Waals surface area (Å²) in [5.41, 5.74) is 11.1. The Hall–Kier alpha value is -3.66. The van der Waals surface area contributed by atoms with Crippen molar-refractivity contribution in [3.05, 3.63) is 155 Å². The van der Waals surface area contributed by atoms with E-state index in [0.717, 1.165) is 55.7 Å². The highest BCUT2D eigenvalue weighted by Gasteiger charge is 2.44. The first kappa shape index (κ1) is 31.6. The summed E-state index contributed by atoms with van der Waals surface area (Å²) >= 11 is 4.98. The molecular formula is C43H35I2NO2. The molecule has 5 heteroatoms. The molecule has 0 saturated carbocycles. The molecule has 3 nitrogen and oxygen atoms in total. The highest BCUT2D eigenvalue weighted by atomic mass is 127. The number of rotatable bonds is 5. The third-order valence-corrected chi connectivity index (χ3v) is 11.1. The van der Waals surface area contributed by atoms with Crippen LogP contribution in [0.4, 0.5) is 0 Å². The van der Waals surface area contributed by atoms with Gasteiger partial charge in [0.15, 0.2) is 0 Å². The molecule has 0 radical (unpaired) electrons. The zero-order valence-corrected chi connectivity index (χ0v) is 31.5. The topological polar surface area (TPSA) is 45.4 Å². The van der Waals surface area contributed by atoms with Crippen LogP contribution >= 0.6 is 45.2 Å². The first-order chi connectivity index (χ1) is 22.8. The molecule has 8 rings (SSSR count). The standard InChI is InChI=1S/C43H35I2NO2/c1-41(2,44)29-14-20-34-33-18-10-26(22-37(33)43(48,38(34)24-29)28-12-16-32(47)17-13-28)27-11-19-35-36-21-15-30(42(3,4)45)25-40(36)46(39(35)23-27)31-8-6-5-7-9-31/h5-25,47-48H,1-4H3. The summed E-state index contributed by atoms with van der Waals surface area (Å²) in [6, 6.07) is 44.1. The lowest BCUT2D eigenvalue weighted by Crippen LogP contribution is -2.26. The van der Waals surface area contributed by atoms with E-state index in [-0.39, 0.29) is 12.6 Å². The van der Waals surface area contributed by atoms with E-state index < -0.39 is 5.60 Å². The molecule has 1 atom stereocenters. The smallest absolute Gasteiger partial charge is 0.141 e. The molecule has 0 spiro atoms. The first-order valence-electron chi connectivity index (χ1n) is 16.2. The number of phenols is 1. The summed E-state index contributed by atoms with van der Waals surface area (Å²) in [6.45, 7) is 8.86. The minimum atomic E-state index is -1.38. The minimum absolute atomic E-state index is 0.00139. The number of fused-ring (bicyclic) bond motifs is 6. The van der Waals surface area contributed by atoms with Gasteiger partial charge in [-0.05, 0) is 109 Å². The van der Waals surface area contributed by atoms with Crippen LogP contribution in [0, 0.1) is 0 Å². The Bertz CT molecular complexity index is 2380. The predicted molar refractivity (Wildman–Crippen MR) is 216 cm³/mol. The molecule has 2 N–H and O–H groups in total. The van der Waals surface area contributed by atoms with Gasteiger partial charge in [-0.25, -0.2) is 0 Å². The molecular weight excluding hydrogens is 816 g/mol. The van der Waals surface area contributed by atoms with Crippen molar-refractivity contribution < 1.29 is 10.2 Å². The van der Waals surface area contributed by atoms with Gasteiger partial charge in [-0.15, -0.1) is 0 Å². The Morgan fingerprint density at radius 2 is 1.08 bits per heavy atom. The molecule has 7 aromatic rings. The van der Waals surface area contributed by atoms with Gasteiger partial charge < -0.3 is 14.8 Å². The van der Waals surface area contributed by atoms with Gasteiger partial charge in [0, 0.05) is 34.4 Å². The molecule has 0 bridgehead atoms. The monoisotopic (exact) mass is 851 g/mol. The molecule has 0 saturated heterocycles. The maximum atomic E-state index is 12.9. The summed E-state index contributed by atoms with van der Waals surface area (Å²) < 4.78 is 2.27. The number of para-hydroxylation sites is 1. The van der Waals surface area contributed by atoms with Crippen molar-refractivity contribution in [2.45, 2.75) is 40.1 Å². The Kier molecular flexibility index (Phi) is 7.36. The van der Waals surface area contributed by atoms with Crippen LogP contribution in [-0.2, 0) is 12.4 Å². The third-order valence-electron chi connectivity index (χ3n) is 9.88. The van der Waals surface area contributed by atoms with E-state index in [9.17, 15) is 10.2 Å². The van der Waals surface area contributed by atoms with Crippen LogP contribution in [0.3, 0.4) is 0 Å². The first-order valence-corrected chi connectivity index (χ1v) is 18.3. The normalized spacial score (nSPS) is 16.0. The van der Waals surface area contributed by atoms with Crippen LogP contribution < -0.4 is 0 Å². The molecule has 238 valence electrons. The van der Waals surface area contributed by atoms with Gasteiger partial charge in [0.25, 0.3) is 0 Å². The van der Waals surface area contributed by atoms with Crippen molar-refractivity contribution in [2.75, 3.05) is 0 Å². The van der Waals surface area contributed by atoms with E-state index in [1.807, 2.05) is 12.1 Å². The van der Waals surface area contributed by atoms with Crippen molar-refractivity contribution in [3.8, 4) is 33.7 Å². The average molecular weight is 852 g/mol. The van der Waals surface area contributed by atoms with Crippen LogP contribution in [-0.4, -0.2) is 14.8 Å². The SMILES string of the molecule is CC(C)(I)c1ccc2c(c1)C(O)(c1ccc(O)cc1)c1cc(-c3ccc4c5ccc(C(C)(C)I)cc5n(-c5ccccc5)c4c3)ccc1-2. The van der Waals surface area contributed by atoms with E-state index in [0.29, 0.717) is 0 Å². The number of halogens is 2. The van der Waals surface area contributed by atoms with Crippen LogP contribution in [0.15, 0.2) is 127 Å². The molecule has 0 amide bonds. The fraction of sp³-hybridized carbons (Fsp3) is 0.163. The highest BCUT2D eigenvalue weighted by Crippen LogP contribution is 2.53. The van der Waals surface area contributed by atoms with Crippen LogP contribution in [0.5, 0.6) is 5.75 Å². The molecule has 0 fully saturated rings. The summed E-state index contributed by atoms with van der Waals surface area (Å²) in [5, 5.41) is 25.4. The number of alkyl halides is 2. The second-order valence-corrected chi connectivity index (χ2v) is 19.3. The second kappa shape index (κ2) is 11.2. The lowest BCUT2D eigenvalue weighted by atomic mass is 9.82. The van der Waals surface area contributed by atoms with Crippen molar-refractivity contribution in [2.24, 2.45) is 0 Å². The quantitative estimate of drug-likeness (QED) is 0.134. The number of aromatic nitrogens is 1. The molecule has 1 aliphatic rings. The van der Waals surface area contributed by atoms with Gasteiger partial charge in [0.05, 0.1) is 11.0 Å². The van der Waals surface area contributed by atoms with Crippen molar-refractivity contribution in [1.29, 1.82) is 0 Å². The van der Waals surface area contributed by atoms with Crippen molar-refractivity contribution >= 4 is 67.0 Å². The maximum absolute atomic E-state index is 12.9. The lowest BCUT2D eigenvalue weighted by Gasteiger charge is -2.28. The van der Waals surface area contributed by atoms with Crippen molar-refractivity contribution in [1.82, 2.24) is 4.57 Å². The summed E-state index contributed by atoms with van der Waals surface area (Å²) in [7, 11) is 0. The van der Waals surface area contributed by atoms with Crippen LogP contribution in [0.1, 0.15) is 55.5 Å². The van der Waals surface area contributed by atoms with Gasteiger partial charge in [-0.2, -0.15) is 0 Å². The zero-order chi connectivity index (χ0) is 33.6. The fourth-order valence-electron chi connectivity index (χ4n) is 7.29. The molecule has 1 heterocycles. The number of aromatic hydroxyl groups is 1. The number of hydrogen-bond acceptors (Lipinski definition) is 2. The Balaban J connectivity index is 1.35. The van der Waals surface area contributed by atoms with E-state index >= 15 is 0 Å². The molecule has 1 aliphatic carbocycles. The van der Waals surface area contributed by atoms with Gasteiger partial charge in [0.2, 0.25) is 0 Å². The number of phenolic OH excluding ortho intramolecular Hbond substituents is 1. The predicted octanol–water partition coefficient (Wildman–Crippen LogP) is 11.8. The Labute approximate surface area is 308 Å². The Morgan fingerprint density at radius 3 is 1.75 bits per heavy atom. The maximum Gasteiger partial charge on any atom is 0.141 e. The van der Waals surface area contributed by atoms with E-state index in [4.69, 9.17) is 0 Å². The van der Waals surface area contributed by atoms with Gasteiger partial charge in [-0.1, -0.05) is 130 Å². The molecule has 48 heavy (non-hydrogen) atoms. The van der Waals surface area contributed by atoms with Gasteiger partial charge in [0.1, 0.15) is 11.4 Å². The lowest BCUT2D eigenvalue weighted by molar-refractivity contribution is 0.130. The summed E-state index contributed by atoms with van der Waals surface area (Å²) in [6.07, 6.45) is 0. The van der Waals surface area contributed by atoms with Gasteiger partial charge in [-0.3, -0.25) is 0 Å². The number of hydrogen-bond donors (Lipinski definition) is 2. The van der Waals surface area contributed by atoms with Crippen LogP contribution in [0.25, 0.3) is 49.7 Å². The molecule has 6 aromatic carbocycles. The van der Waals surface area contributed by atoms with E-state index in [1.54, 1.807) is 12.1 Å². The second-order valence-electron chi connectivity index (χ2n) is 13.9. The average Bonchev–Trinajstić information content (AvgIpc) is 3.53. The molecule has 0 aliphatic heterocycles. The van der Waals surface area contributed by atoms with Crippen molar-refractivity contribution in [3.63, 3.8) is 0 Å². The third kappa shape index (κ3) is 5.00. The fourth-order valence-corrected chi connectivity index (χ4v) is 7.96. The number of aliphatic hydroxyl groups is 1. The highest BCUT2D eigenvalue weighted by molar-refractivity contribution is 14.1. The number of nitrogens with zero attached hydrogens (tertiary/aromatic N) is 1. The largest absolute Gasteiger partial charge is 0.508 e. The summed E-state index contributed by atoms with van der Waals surface area (Å²) in [5.74, 6) is 0.174. The Morgan fingerprint density at radius 1 is 0.562 bits per heavy atom. The van der Waals surface area contributed by atoms with E-state index in [1.165, 1.54) is 21.9 Å². The summed E-state index contributed by atoms with van der Waals surface area (Å²) in [4.78, 5) is 0. The number of benzene rings is 6. The molecule has 1 unspecified atom stereocenters. The van der Waals surface area contributed by atoms with Gasteiger partial charge >= 0.3 is 0 Å².